The fourth-order valence-electron chi connectivity index (χ4n) is 2.60. The lowest BCUT2D eigenvalue weighted by Crippen LogP contribution is -2.28. The van der Waals surface area contributed by atoms with Gasteiger partial charge < -0.3 is 5.73 Å². The fourth-order valence-corrected chi connectivity index (χ4v) is 3.67. The maximum Gasteiger partial charge on any atom is 0.401 e. The molecule has 26 heavy (non-hydrogen) atoms. The van der Waals surface area contributed by atoms with Crippen molar-refractivity contribution in [1.82, 2.24) is 9.97 Å². The molecule has 3 rings (SSSR count). The highest BCUT2D eigenvalue weighted by Gasteiger charge is 2.38. The number of aromatic nitrogens is 2. The summed E-state index contributed by atoms with van der Waals surface area (Å²) >= 11 is 0. The van der Waals surface area contributed by atoms with E-state index in [0.717, 1.165) is 5.56 Å². The summed E-state index contributed by atoms with van der Waals surface area (Å²) in [6.07, 6.45) is -4.93. The number of hydrogen-bond donors (Lipinski definition) is 2. The van der Waals surface area contributed by atoms with Gasteiger partial charge in [-0.2, -0.15) is 13.2 Å². The van der Waals surface area contributed by atoms with Crippen molar-refractivity contribution in [3.8, 4) is 0 Å². The Hall–Kier alpha value is -2.69. The fraction of sp³-hybridized carbons (Fsp3) is 0.267. The SMILES string of the molecule is N=S(=O)(CC(F)(F)F)c1nc(N)c2c(n1)N(Cc1ccccc1)C(=O)C2. The molecule has 3 N–H and O–H groups in total. The Labute approximate surface area is 147 Å². The number of rotatable bonds is 4. The van der Waals surface area contributed by atoms with Crippen molar-refractivity contribution in [1.29, 1.82) is 4.78 Å². The maximum absolute atomic E-state index is 12.6. The van der Waals surface area contributed by atoms with Crippen molar-refractivity contribution >= 4 is 27.3 Å². The van der Waals surface area contributed by atoms with E-state index in [1.165, 1.54) is 4.90 Å². The quantitative estimate of drug-likeness (QED) is 0.783. The van der Waals surface area contributed by atoms with Gasteiger partial charge in [-0.1, -0.05) is 30.3 Å². The van der Waals surface area contributed by atoms with E-state index < -0.39 is 26.8 Å². The van der Waals surface area contributed by atoms with E-state index >= 15 is 0 Å². The molecule has 1 aliphatic rings. The number of nitrogens with two attached hydrogens (primary N) is 1. The molecule has 1 aromatic heterocycles. The molecule has 1 atom stereocenters. The van der Waals surface area contributed by atoms with Gasteiger partial charge >= 0.3 is 6.18 Å². The zero-order chi connectivity index (χ0) is 19.1. The Morgan fingerprint density at radius 2 is 1.88 bits per heavy atom. The van der Waals surface area contributed by atoms with Gasteiger partial charge in [0.2, 0.25) is 11.1 Å². The first kappa shape index (κ1) is 18.1. The van der Waals surface area contributed by atoms with Crippen molar-refractivity contribution < 1.29 is 22.2 Å². The molecule has 1 aromatic carbocycles. The molecular formula is C15H14F3N5O2S. The van der Waals surface area contributed by atoms with Gasteiger partial charge in [0.15, 0.2) is 0 Å². The Bertz CT molecular complexity index is 961. The van der Waals surface area contributed by atoms with E-state index in [-0.39, 0.29) is 36.1 Å². The Kier molecular flexibility index (Phi) is 4.34. The number of hydrogen-bond acceptors (Lipinski definition) is 6. The number of carbonyl (C=O) groups is 1. The van der Waals surface area contributed by atoms with Gasteiger partial charge in [-0.25, -0.2) is 19.0 Å². The lowest BCUT2D eigenvalue weighted by atomic mass is 10.2. The second-order valence-electron chi connectivity index (χ2n) is 5.77. The molecule has 0 fully saturated rings. The monoisotopic (exact) mass is 385 g/mol. The highest BCUT2D eigenvalue weighted by atomic mass is 32.2. The number of amides is 1. The third kappa shape index (κ3) is 3.62. The summed E-state index contributed by atoms with van der Waals surface area (Å²) in [5.41, 5.74) is 6.76. The van der Waals surface area contributed by atoms with Crippen molar-refractivity contribution in [3.63, 3.8) is 0 Å². The zero-order valence-electron chi connectivity index (χ0n) is 13.3. The van der Waals surface area contributed by atoms with Crippen LogP contribution in [-0.2, 0) is 27.5 Å². The molecular weight excluding hydrogens is 371 g/mol. The molecule has 0 bridgehead atoms. The van der Waals surface area contributed by atoms with E-state index in [1.807, 2.05) is 0 Å². The summed E-state index contributed by atoms with van der Waals surface area (Å²) in [7, 11) is -4.34. The molecule has 0 aliphatic carbocycles. The summed E-state index contributed by atoms with van der Waals surface area (Å²) in [6.45, 7) is 0.126. The van der Waals surface area contributed by atoms with Crippen LogP contribution in [0.15, 0.2) is 35.5 Å². The van der Waals surface area contributed by atoms with Crippen LogP contribution < -0.4 is 10.6 Å². The summed E-state index contributed by atoms with van der Waals surface area (Å²) in [5, 5.41) is -0.821. The predicted molar refractivity (Wildman–Crippen MR) is 87.8 cm³/mol. The number of nitrogen functional groups attached to an aromatic ring is 1. The molecule has 1 amide bonds. The Balaban J connectivity index is 2.02. The van der Waals surface area contributed by atoms with E-state index in [9.17, 15) is 22.2 Å². The van der Waals surface area contributed by atoms with Gasteiger partial charge in [0.1, 0.15) is 27.1 Å². The number of nitrogens with zero attached hydrogens (tertiary/aromatic N) is 3. The standard InChI is InChI=1S/C15H14F3N5O2S/c16-15(17,18)8-26(20,25)14-21-12(19)10-6-11(24)23(13(10)22-14)7-9-4-2-1-3-5-9/h1-5,20H,6-8H2,(H2,19,21,22). The lowest BCUT2D eigenvalue weighted by molar-refractivity contribution is -0.117. The van der Waals surface area contributed by atoms with Gasteiger partial charge in [0.25, 0.3) is 0 Å². The van der Waals surface area contributed by atoms with Crippen molar-refractivity contribution in [2.24, 2.45) is 0 Å². The minimum Gasteiger partial charge on any atom is -0.383 e. The van der Waals surface area contributed by atoms with Crippen molar-refractivity contribution in [2.45, 2.75) is 24.3 Å². The van der Waals surface area contributed by atoms with Crippen LogP contribution >= 0.6 is 0 Å². The zero-order valence-corrected chi connectivity index (χ0v) is 14.1. The van der Waals surface area contributed by atoms with Crippen LogP contribution in [0.3, 0.4) is 0 Å². The van der Waals surface area contributed by atoms with Gasteiger partial charge in [0, 0.05) is 5.56 Å². The molecule has 0 radical (unpaired) electrons. The molecule has 138 valence electrons. The number of anilines is 2. The van der Waals surface area contributed by atoms with Gasteiger partial charge in [-0.15, -0.1) is 0 Å². The first-order valence-corrected chi connectivity index (χ1v) is 9.13. The third-order valence-electron chi connectivity index (χ3n) is 3.73. The second kappa shape index (κ2) is 6.24. The number of alkyl halides is 3. The van der Waals surface area contributed by atoms with Crippen LogP contribution in [0, 0.1) is 4.78 Å². The largest absolute Gasteiger partial charge is 0.401 e. The van der Waals surface area contributed by atoms with Gasteiger partial charge in [-0.05, 0) is 5.56 Å². The number of benzene rings is 1. The predicted octanol–water partition coefficient (Wildman–Crippen LogP) is 2.12. The van der Waals surface area contributed by atoms with E-state index in [4.69, 9.17) is 10.5 Å². The van der Waals surface area contributed by atoms with E-state index in [2.05, 4.69) is 9.97 Å². The van der Waals surface area contributed by atoms with Crippen LogP contribution in [-0.4, -0.2) is 32.0 Å². The number of carbonyl (C=O) groups excluding carboxylic acids is 1. The number of fused-ring (bicyclic) bond motifs is 1. The second-order valence-corrected chi connectivity index (χ2v) is 7.77. The molecule has 11 heteroatoms. The van der Waals surface area contributed by atoms with Gasteiger partial charge in [0.05, 0.1) is 13.0 Å². The molecule has 2 heterocycles. The summed E-state index contributed by atoms with van der Waals surface area (Å²) in [6, 6.07) is 8.89. The molecule has 1 aliphatic heterocycles. The van der Waals surface area contributed by atoms with Crippen LogP contribution in [0.1, 0.15) is 11.1 Å². The summed E-state index contributed by atoms with van der Waals surface area (Å²) in [5.74, 6) is -2.47. The van der Waals surface area contributed by atoms with E-state index in [0.29, 0.717) is 0 Å². The van der Waals surface area contributed by atoms with Crippen molar-refractivity contribution in [3.05, 3.63) is 41.5 Å². The average Bonchev–Trinajstić information content (AvgIpc) is 2.83. The normalized spacial score (nSPS) is 16.4. The van der Waals surface area contributed by atoms with Crippen molar-refractivity contribution in [2.75, 3.05) is 16.4 Å². The Morgan fingerprint density at radius 1 is 1.23 bits per heavy atom. The first-order valence-electron chi connectivity index (χ1n) is 7.41. The van der Waals surface area contributed by atoms with Crippen LogP contribution in [0.2, 0.25) is 0 Å². The minimum absolute atomic E-state index is 0.00324. The van der Waals surface area contributed by atoms with Crippen LogP contribution in [0.4, 0.5) is 24.8 Å². The molecule has 0 saturated heterocycles. The topological polar surface area (TPSA) is 113 Å². The minimum atomic E-state index is -4.82. The molecule has 2 aromatic rings. The van der Waals surface area contributed by atoms with Gasteiger partial charge in [-0.3, -0.25) is 9.69 Å². The first-order chi connectivity index (χ1) is 12.1. The Morgan fingerprint density at radius 3 is 2.50 bits per heavy atom. The average molecular weight is 385 g/mol. The van der Waals surface area contributed by atoms with E-state index in [1.54, 1.807) is 30.3 Å². The lowest BCUT2D eigenvalue weighted by Gasteiger charge is -2.18. The highest BCUT2D eigenvalue weighted by molar-refractivity contribution is 7.92. The summed E-state index contributed by atoms with van der Waals surface area (Å²) < 4.78 is 57.5. The maximum atomic E-state index is 12.6. The smallest absolute Gasteiger partial charge is 0.383 e. The van der Waals surface area contributed by atoms with Crippen LogP contribution in [0.5, 0.6) is 0 Å². The molecule has 0 spiro atoms. The summed E-state index contributed by atoms with van der Waals surface area (Å²) in [4.78, 5) is 21.0. The molecule has 7 nitrogen and oxygen atoms in total. The molecule has 1 unspecified atom stereocenters. The number of nitrogens with one attached hydrogen (secondary N) is 1. The number of halogens is 3. The molecule has 0 saturated carbocycles. The van der Waals surface area contributed by atoms with Crippen LogP contribution in [0.25, 0.3) is 0 Å². The third-order valence-corrected chi connectivity index (χ3v) is 5.23. The highest BCUT2D eigenvalue weighted by Crippen LogP contribution is 2.33.